The van der Waals surface area contributed by atoms with E-state index in [2.05, 4.69) is 20.9 Å². The molecule has 1 aromatic heterocycles. The van der Waals surface area contributed by atoms with Gasteiger partial charge in [-0.1, -0.05) is 30.2 Å². The Hall–Kier alpha value is -1.39. The molecule has 0 unspecified atom stereocenters. The summed E-state index contributed by atoms with van der Waals surface area (Å²) in [4.78, 5) is 16.7. The third-order valence-electron chi connectivity index (χ3n) is 3.92. The number of ether oxygens (including phenoxy) is 1. The van der Waals surface area contributed by atoms with Crippen LogP contribution in [0.4, 0.5) is 0 Å². The average Bonchev–Trinajstić information content (AvgIpc) is 2.42. The van der Waals surface area contributed by atoms with E-state index in [1.807, 2.05) is 24.3 Å². The molecule has 2 aromatic rings. The molecule has 5 heteroatoms. The lowest BCUT2D eigenvalue weighted by molar-refractivity contribution is -0.144. The predicted molar refractivity (Wildman–Crippen MR) is 84.6 cm³/mol. The molecule has 0 atom stereocenters. The van der Waals surface area contributed by atoms with Crippen LogP contribution < -0.4 is 4.74 Å². The fourth-order valence-electron chi connectivity index (χ4n) is 2.55. The SMILES string of the molecule is O=C(Oc1cccnc1Br)C1(c2ccc(Cl)cc2)CCC1. The molecule has 0 spiro atoms. The van der Waals surface area contributed by atoms with E-state index in [4.69, 9.17) is 16.3 Å². The molecule has 0 N–H and O–H groups in total. The van der Waals surface area contributed by atoms with Gasteiger partial charge in [0, 0.05) is 11.2 Å². The van der Waals surface area contributed by atoms with Crippen LogP contribution in [0, 0.1) is 0 Å². The topological polar surface area (TPSA) is 39.2 Å². The van der Waals surface area contributed by atoms with Gasteiger partial charge in [-0.15, -0.1) is 0 Å². The Morgan fingerprint density at radius 3 is 2.52 bits per heavy atom. The van der Waals surface area contributed by atoms with Crippen LogP contribution in [0.5, 0.6) is 5.75 Å². The van der Waals surface area contributed by atoms with Gasteiger partial charge in [-0.2, -0.15) is 0 Å². The largest absolute Gasteiger partial charge is 0.423 e. The van der Waals surface area contributed by atoms with Crippen molar-refractivity contribution in [3.8, 4) is 5.75 Å². The maximum absolute atomic E-state index is 12.7. The minimum Gasteiger partial charge on any atom is -0.423 e. The number of aromatic nitrogens is 1. The smallest absolute Gasteiger partial charge is 0.322 e. The van der Waals surface area contributed by atoms with Gasteiger partial charge < -0.3 is 4.74 Å². The van der Waals surface area contributed by atoms with Crippen molar-refractivity contribution >= 4 is 33.5 Å². The van der Waals surface area contributed by atoms with Crippen LogP contribution in [0.15, 0.2) is 47.2 Å². The lowest BCUT2D eigenvalue weighted by atomic mass is 9.64. The quantitative estimate of drug-likeness (QED) is 0.592. The van der Waals surface area contributed by atoms with E-state index >= 15 is 0 Å². The second-order valence-electron chi connectivity index (χ2n) is 5.12. The summed E-state index contributed by atoms with van der Waals surface area (Å²) in [5.41, 5.74) is 0.406. The van der Waals surface area contributed by atoms with Gasteiger partial charge in [0.05, 0.1) is 5.41 Å². The Balaban J connectivity index is 1.87. The molecule has 0 radical (unpaired) electrons. The van der Waals surface area contributed by atoms with Gasteiger partial charge in [0.2, 0.25) is 0 Å². The van der Waals surface area contributed by atoms with Gasteiger partial charge in [0.25, 0.3) is 0 Å². The summed E-state index contributed by atoms with van der Waals surface area (Å²) in [6.45, 7) is 0. The number of rotatable bonds is 3. The Morgan fingerprint density at radius 1 is 1.24 bits per heavy atom. The van der Waals surface area contributed by atoms with Crippen molar-refractivity contribution in [1.29, 1.82) is 0 Å². The first kappa shape index (κ1) is 14.5. The second-order valence-corrected chi connectivity index (χ2v) is 6.31. The zero-order valence-corrected chi connectivity index (χ0v) is 13.5. The zero-order valence-electron chi connectivity index (χ0n) is 11.2. The summed E-state index contributed by atoms with van der Waals surface area (Å²) in [7, 11) is 0. The molecule has 21 heavy (non-hydrogen) atoms. The van der Waals surface area contributed by atoms with E-state index < -0.39 is 5.41 Å². The Morgan fingerprint density at radius 2 is 1.95 bits per heavy atom. The van der Waals surface area contributed by atoms with E-state index in [1.54, 1.807) is 18.3 Å². The first-order chi connectivity index (χ1) is 10.1. The lowest BCUT2D eigenvalue weighted by Gasteiger charge is -2.39. The number of nitrogens with zero attached hydrogens (tertiary/aromatic N) is 1. The van der Waals surface area contributed by atoms with Gasteiger partial charge in [0.15, 0.2) is 5.75 Å². The Labute approximate surface area is 136 Å². The molecule has 0 bridgehead atoms. The number of pyridine rings is 1. The van der Waals surface area contributed by atoms with E-state index in [9.17, 15) is 4.79 Å². The molecule has 1 saturated carbocycles. The van der Waals surface area contributed by atoms with Crippen molar-refractivity contribution in [3.63, 3.8) is 0 Å². The molecule has 0 amide bonds. The van der Waals surface area contributed by atoms with Crippen LogP contribution in [-0.4, -0.2) is 11.0 Å². The number of carbonyl (C=O) groups is 1. The Kier molecular flexibility index (Phi) is 4.00. The highest BCUT2D eigenvalue weighted by Gasteiger charge is 2.47. The normalized spacial score (nSPS) is 16.1. The second kappa shape index (κ2) is 5.78. The average molecular weight is 367 g/mol. The Bertz CT molecular complexity index is 668. The van der Waals surface area contributed by atoms with Crippen molar-refractivity contribution < 1.29 is 9.53 Å². The number of carbonyl (C=O) groups excluding carboxylic acids is 1. The molecule has 0 saturated heterocycles. The molecule has 1 fully saturated rings. The minimum atomic E-state index is -0.556. The van der Waals surface area contributed by atoms with Crippen LogP contribution >= 0.6 is 27.5 Å². The van der Waals surface area contributed by atoms with Crippen molar-refractivity contribution in [2.75, 3.05) is 0 Å². The number of halogens is 2. The number of benzene rings is 1. The molecule has 1 heterocycles. The molecular formula is C16H13BrClNO2. The summed E-state index contributed by atoms with van der Waals surface area (Å²) >= 11 is 9.21. The summed E-state index contributed by atoms with van der Waals surface area (Å²) in [5, 5.41) is 0.664. The molecule has 0 aliphatic heterocycles. The summed E-state index contributed by atoms with van der Waals surface area (Å²) < 4.78 is 6.09. The van der Waals surface area contributed by atoms with Crippen molar-refractivity contribution in [1.82, 2.24) is 4.98 Å². The van der Waals surface area contributed by atoms with E-state index in [0.29, 0.717) is 15.4 Å². The zero-order chi connectivity index (χ0) is 14.9. The maximum Gasteiger partial charge on any atom is 0.322 e. The molecule has 1 aliphatic rings. The number of hydrogen-bond donors (Lipinski definition) is 0. The predicted octanol–water partition coefficient (Wildman–Crippen LogP) is 4.52. The number of esters is 1. The molecule has 3 rings (SSSR count). The van der Waals surface area contributed by atoms with Crippen molar-refractivity contribution in [3.05, 3.63) is 57.8 Å². The van der Waals surface area contributed by atoms with Gasteiger partial charge in [-0.25, -0.2) is 4.98 Å². The van der Waals surface area contributed by atoms with E-state index in [1.165, 1.54) is 0 Å². The fraction of sp³-hybridized carbons (Fsp3) is 0.250. The van der Waals surface area contributed by atoms with Gasteiger partial charge >= 0.3 is 5.97 Å². The van der Waals surface area contributed by atoms with Crippen LogP contribution in [0.25, 0.3) is 0 Å². The molecule has 3 nitrogen and oxygen atoms in total. The molecular weight excluding hydrogens is 354 g/mol. The monoisotopic (exact) mass is 365 g/mol. The summed E-state index contributed by atoms with van der Waals surface area (Å²) in [5.74, 6) is 0.215. The maximum atomic E-state index is 12.7. The van der Waals surface area contributed by atoms with Crippen LogP contribution in [0.3, 0.4) is 0 Å². The standard InChI is InChI=1S/C16H13BrClNO2/c17-14-13(3-1-10-19-14)21-15(20)16(8-2-9-16)11-4-6-12(18)7-5-11/h1,3-7,10H,2,8-9H2. The highest BCUT2D eigenvalue weighted by atomic mass is 79.9. The summed E-state index contributed by atoms with van der Waals surface area (Å²) in [6.07, 6.45) is 4.25. The number of hydrogen-bond acceptors (Lipinski definition) is 3. The van der Waals surface area contributed by atoms with Crippen LogP contribution in [0.2, 0.25) is 5.02 Å². The molecule has 1 aliphatic carbocycles. The third-order valence-corrected chi connectivity index (χ3v) is 4.77. The van der Waals surface area contributed by atoms with Gasteiger partial charge in [0.1, 0.15) is 4.60 Å². The summed E-state index contributed by atoms with van der Waals surface area (Å²) in [6, 6.07) is 10.9. The lowest BCUT2D eigenvalue weighted by Crippen LogP contribution is -2.45. The van der Waals surface area contributed by atoms with E-state index in [0.717, 1.165) is 24.8 Å². The molecule has 108 valence electrons. The third kappa shape index (κ3) is 2.70. The minimum absolute atomic E-state index is 0.232. The first-order valence-electron chi connectivity index (χ1n) is 6.71. The van der Waals surface area contributed by atoms with Crippen LogP contribution in [-0.2, 0) is 10.2 Å². The van der Waals surface area contributed by atoms with Crippen molar-refractivity contribution in [2.45, 2.75) is 24.7 Å². The van der Waals surface area contributed by atoms with Crippen LogP contribution in [0.1, 0.15) is 24.8 Å². The first-order valence-corrected chi connectivity index (χ1v) is 7.88. The van der Waals surface area contributed by atoms with Gasteiger partial charge in [-0.05, 0) is 58.6 Å². The fourth-order valence-corrected chi connectivity index (χ4v) is 3.01. The van der Waals surface area contributed by atoms with Crippen molar-refractivity contribution in [2.24, 2.45) is 0 Å². The highest BCUT2D eigenvalue weighted by molar-refractivity contribution is 9.10. The highest BCUT2D eigenvalue weighted by Crippen LogP contribution is 2.45. The molecule has 1 aromatic carbocycles. The van der Waals surface area contributed by atoms with E-state index in [-0.39, 0.29) is 5.97 Å². The van der Waals surface area contributed by atoms with Gasteiger partial charge in [-0.3, -0.25) is 4.79 Å².